The van der Waals surface area contributed by atoms with Gasteiger partial charge in [0.1, 0.15) is 6.04 Å². The number of carbonyl (C=O) groups is 1. The number of hydrogen-bond donors (Lipinski definition) is 2. The van der Waals surface area contributed by atoms with Crippen LogP contribution in [0.1, 0.15) is 52.4 Å². The molecule has 2 atom stereocenters. The molecule has 0 fully saturated rings. The number of ether oxygens (including phenoxy) is 1. The van der Waals surface area contributed by atoms with Crippen LogP contribution in [0.25, 0.3) is 0 Å². The average Bonchev–Trinajstić information content (AvgIpc) is 2.26. The van der Waals surface area contributed by atoms with Gasteiger partial charge in [-0.25, -0.2) is 0 Å². The zero-order valence-corrected chi connectivity index (χ0v) is 10.4. The molecule has 0 aliphatic rings. The molecule has 96 valence electrons. The third-order valence-electron chi connectivity index (χ3n) is 2.53. The van der Waals surface area contributed by atoms with Gasteiger partial charge in [-0.1, -0.05) is 39.0 Å². The van der Waals surface area contributed by atoms with Crippen LogP contribution in [0.3, 0.4) is 0 Å². The molecule has 0 saturated carbocycles. The van der Waals surface area contributed by atoms with Gasteiger partial charge in [0.2, 0.25) is 0 Å². The van der Waals surface area contributed by atoms with Crippen LogP contribution in [0.2, 0.25) is 0 Å². The van der Waals surface area contributed by atoms with Crippen LogP contribution >= 0.6 is 0 Å². The van der Waals surface area contributed by atoms with Crippen molar-refractivity contribution in [2.24, 2.45) is 5.73 Å². The fraction of sp³-hybridized carbons (Fsp3) is 0.917. The molecule has 0 rings (SSSR count). The molecule has 0 aromatic heterocycles. The fourth-order valence-corrected chi connectivity index (χ4v) is 1.35. The Morgan fingerprint density at radius 3 is 2.38 bits per heavy atom. The van der Waals surface area contributed by atoms with Crippen molar-refractivity contribution in [2.45, 2.75) is 64.5 Å². The molecule has 0 aliphatic heterocycles. The van der Waals surface area contributed by atoms with Crippen LogP contribution in [-0.2, 0) is 9.53 Å². The molecule has 0 amide bonds. The van der Waals surface area contributed by atoms with Gasteiger partial charge >= 0.3 is 5.97 Å². The first-order chi connectivity index (χ1) is 7.59. The zero-order chi connectivity index (χ0) is 12.4. The molecule has 4 nitrogen and oxygen atoms in total. The van der Waals surface area contributed by atoms with Gasteiger partial charge in [-0.3, -0.25) is 4.79 Å². The minimum absolute atomic E-state index is 0.408. The van der Waals surface area contributed by atoms with E-state index in [1.807, 2.05) is 0 Å². The van der Waals surface area contributed by atoms with E-state index in [0.717, 1.165) is 12.8 Å². The molecule has 0 spiro atoms. The molecule has 0 aliphatic carbocycles. The van der Waals surface area contributed by atoms with E-state index in [4.69, 9.17) is 15.6 Å². The summed E-state index contributed by atoms with van der Waals surface area (Å²) in [6, 6.07) is -0.917. The summed E-state index contributed by atoms with van der Waals surface area (Å²) in [6.45, 7) is 4.07. The van der Waals surface area contributed by atoms with E-state index in [9.17, 15) is 4.79 Å². The van der Waals surface area contributed by atoms with E-state index in [0.29, 0.717) is 6.61 Å². The second-order valence-electron chi connectivity index (χ2n) is 4.20. The largest absolute Gasteiger partial charge is 0.464 e. The summed E-state index contributed by atoms with van der Waals surface area (Å²) in [7, 11) is 0. The standard InChI is InChI=1S/C12H25NO3/c1-3-4-5-6-7-8-9-16-12(15)11(13)10(2)14/h10-11,14H,3-9,13H2,1-2H3. The minimum Gasteiger partial charge on any atom is -0.464 e. The van der Waals surface area contributed by atoms with Gasteiger partial charge in [0.05, 0.1) is 12.7 Å². The number of carbonyl (C=O) groups excluding carboxylic acids is 1. The molecule has 0 aromatic rings. The lowest BCUT2D eigenvalue weighted by Gasteiger charge is -2.13. The van der Waals surface area contributed by atoms with Crippen LogP contribution in [0.5, 0.6) is 0 Å². The Hall–Kier alpha value is -0.610. The number of esters is 1. The molecule has 0 heterocycles. The maximum Gasteiger partial charge on any atom is 0.325 e. The molecular formula is C12H25NO3. The second kappa shape index (κ2) is 9.60. The van der Waals surface area contributed by atoms with Crippen molar-refractivity contribution in [1.29, 1.82) is 0 Å². The third-order valence-corrected chi connectivity index (χ3v) is 2.53. The number of unbranched alkanes of at least 4 members (excludes halogenated alkanes) is 5. The van der Waals surface area contributed by atoms with Gasteiger partial charge in [-0.2, -0.15) is 0 Å². The maximum absolute atomic E-state index is 11.2. The summed E-state index contributed by atoms with van der Waals surface area (Å²) in [6.07, 6.45) is 6.05. The quantitative estimate of drug-likeness (QED) is 0.467. The van der Waals surface area contributed by atoms with E-state index in [-0.39, 0.29) is 0 Å². The van der Waals surface area contributed by atoms with Crippen LogP contribution in [0.4, 0.5) is 0 Å². The summed E-state index contributed by atoms with van der Waals surface area (Å²) in [5, 5.41) is 9.07. The molecule has 3 N–H and O–H groups in total. The molecule has 16 heavy (non-hydrogen) atoms. The number of nitrogens with two attached hydrogens (primary N) is 1. The highest BCUT2D eigenvalue weighted by Gasteiger charge is 2.19. The third kappa shape index (κ3) is 7.65. The van der Waals surface area contributed by atoms with Crippen molar-refractivity contribution in [1.82, 2.24) is 0 Å². The van der Waals surface area contributed by atoms with Gasteiger partial charge in [0.15, 0.2) is 0 Å². The lowest BCUT2D eigenvalue weighted by molar-refractivity contribution is -0.147. The molecule has 0 saturated heterocycles. The number of aliphatic hydroxyl groups excluding tert-OH is 1. The molecule has 0 radical (unpaired) electrons. The predicted octanol–water partition coefficient (Wildman–Crippen LogP) is 1.60. The summed E-state index contributed by atoms with van der Waals surface area (Å²) >= 11 is 0. The van der Waals surface area contributed by atoms with Gasteiger partial charge in [-0.15, -0.1) is 0 Å². The first kappa shape index (κ1) is 15.4. The lowest BCUT2D eigenvalue weighted by Crippen LogP contribution is -2.41. The van der Waals surface area contributed by atoms with E-state index < -0.39 is 18.1 Å². The van der Waals surface area contributed by atoms with Crippen molar-refractivity contribution in [3.8, 4) is 0 Å². The van der Waals surface area contributed by atoms with E-state index in [1.165, 1.54) is 32.6 Å². The zero-order valence-electron chi connectivity index (χ0n) is 10.4. The topological polar surface area (TPSA) is 72.5 Å². The summed E-state index contributed by atoms with van der Waals surface area (Å²) < 4.78 is 4.95. The minimum atomic E-state index is -0.917. The maximum atomic E-state index is 11.2. The van der Waals surface area contributed by atoms with Gasteiger partial charge in [0, 0.05) is 0 Å². The number of rotatable bonds is 9. The van der Waals surface area contributed by atoms with E-state index >= 15 is 0 Å². The fourth-order valence-electron chi connectivity index (χ4n) is 1.35. The summed E-state index contributed by atoms with van der Waals surface area (Å²) in [5.41, 5.74) is 5.42. The molecular weight excluding hydrogens is 206 g/mol. The monoisotopic (exact) mass is 231 g/mol. The second-order valence-corrected chi connectivity index (χ2v) is 4.20. The normalized spacial score (nSPS) is 14.5. The molecule has 0 bridgehead atoms. The van der Waals surface area contributed by atoms with Crippen molar-refractivity contribution >= 4 is 5.97 Å². The van der Waals surface area contributed by atoms with Crippen LogP contribution in [-0.4, -0.2) is 29.8 Å². The van der Waals surface area contributed by atoms with Crippen LogP contribution in [0, 0.1) is 0 Å². The average molecular weight is 231 g/mol. The number of hydrogen-bond acceptors (Lipinski definition) is 4. The number of aliphatic hydroxyl groups is 1. The Bertz CT molecular complexity index is 183. The highest BCUT2D eigenvalue weighted by Crippen LogP contribution is 2.05. The molecule has 4 heteroatoms. The van der Waals surface area contributed by atoms with E-state index in [2.05, 4.69) is 6.92 Å². The van der Waals surface area contributed by atoms with Crippen LogP contribution < -0.4 is 5.73 Å². The Balaban J connectivity index is 3.34. The van der Waals surface area contributed by atoms with Crippen molar-refractivity contribution in [2.75, 3.05) is 6.61 Å². The molecule has 2 unspecified atom stereocenters. The Morgan fingerprint density at radius 1 is 1.25 bits per heavy atom. The predicted molar refractivity (Wildman–Crippen MR) is 64.0 cm³/mol. The smallest absolute Gasteiger partial charge is 0.325 e. The van der Waals surface area contributed by atoms with Crippen LogP contribution in [0.15, 0.2) is 0 Å². The van der Waals surface area contributed by atoms with Gasteiger partial charge in [0.25, 0.3) is 0 Å². The van der Waals surface area contributed by atoms with E-state index in [1.54, 1.807) is 0 Å². The first-order valence-electron chi connectivity index (χ1n) is 6.19. The summed E-state index contributed by atoms with van der Waals surface area (Å²) in [4.78, 5) is 11.2. The highest BCUT2D eigenvalue weighted by atomic mass is 16.5. The van der Waals surface area contributed by atoms with Crippen molar-refractivity contribution < 1.29 is 14.6 Å². The Labute approximate surface area is 98.2 Å². The molecule has 0 aromatic carbocycles. The summed E-state index contributed by atoms with van der Waals surface area (Å²) in [5.74, 6) is -0.511. The van der Waals surface area contributed by atoms with Crippen molar-refractivity contribution in [3.05, 3.63) is 0 Å². The van der Waals surface area contributed by atoms with Gasteiger partial charge in [-0.05, 0) is 13.3 Å². The van der Waals surface area contributed by atoms with Crippen molar-refractivity contribution in [3.63, 3.8) is 0 Å². The Kier molecular flexibility index (Phi) is 9.24. The first-order valence-corrected chi connectivity index (χ1v) is 6.19. The highest BCUT2D eigenvalue weighted by molar-refractivity contribution is 5.76. The SMILES string of the molecule is CCCCCCCCOC(=O)C(N)C(C)O. The Morgan fingerprint density at radius 2 is 1.81 bits per heavy atom. The lowest BCUT2D eigenvalue weighted by atomic mass is 10.1. The van der Waals surface area contributed by atoms with Gasteiger partial charge < -0.3 is 15.6 Å².